The number of nitrogens with zero attached hydrogens (tertiary/aromatic N) is 3. The van der Waals surface area contributed by atoms with Crippen LogP contribution in [-0.4, -0.2) is 14.4 Å². The molecule has 0 atom stereocenters. The van der Waals surface area contributed by atoms with Crippen LogP contribution in [0.15, 0.2) is 91.3 Å². The second-order valence-corrected chi connectivity index (χ2v) is 12.2. The Balaban J connectivity index is 1.60. The molecule has 188 valence electrons. The summed E-state index contributed by atoms with van der Waals surface area (Å²) in [4.78, 5) is 9.62. The molecule has 0 N–H and O–H groups in total. The summed E-state index contributed by atoms with van der Waals surface area (Å²) < 4.78 is 2.49. The second kappa shape index (κ2) is 7.77. The summed E-state index contributed by atoms with van der Waals surface area (Å²) >= 11 is 0. The predicted molar refractivity (Wildman–Crippen MR) is 165 cm³/mol. The normalized spacial score (nSPS) is 12.7. The molecule has 0 saturated carbocycles. The van der Waals surface area contributed by atoms with Gasteiger partial charge in [-0.25, -0.2) is 9.97 Å². The molecule has 5 aromatic carbocycles. The quantitative estimate of drug-likeness (QED) is 0.174. The van der Waals surface area contributed by atoms with Crippen LogP contribution in [-0.2, 0) is 6.42 Å². The molecule has 0 aliphatic rings. The summed E-state index contributed by atoms with van der Waals surface area (Å²) in [5, 5.41) is 7.43. The van der Waals surface area contributed by atoms with Gasteiger partial charge in [0, 0.05) is 16.2 Å². The van der Waals surface area contributed by atoms with Crippen LogP contribution >= 0.6 is 0 Å². The lowest BCUT2D eigenvalue weighted by molar-refractivity contribution is 0.411. The van der Waals surface area contributed by atoms with E-state index >= 15 is 0 Å². The Kier molecular flexibility index (Phi) is 4.48. The van der Waals surface area contributed by atoms with Crippen molar-refractivity contribution in [3.05, 3.63) is 102 Å². The van der Waals surface area contributed by atoms with Crippen LogP contribution in [0.1, 0.15) is 31.9 Å². The molecule has 39 heavy (non-hydrogen) atoms. The molecule has 0 aliphatic heterocycles. The number of rotatable bonds is 2. The minimum atomic E-state index is 0.237. The molecule has 3 nitrogen and oxygen atoms in total. The molecular weight excluding hydrogens is 474 g/mol. The third kappa shape index (κ3) is 3.16. The summed E-state index contributed by atoms with van der Waals surface area (Å²) in [6, 6.07) is 31.2. The fourth-order valence-corrected chi connectivity index (χ4v) is 6.81. The topological polar surface area (TPSA) is 30.2 Å². The van der Waals surface area contributed by atoms with Crippen molar-refractivity contribution in [2.75, 3.05) is 0 Å². The molecular formula is C36H29N3. The number of hydrogen-bond acceptors (Lipinski definition) is 2. The molecule has 0 spiro atoms. The monoisotopic (exact) mass is 503 g/mol. The summed E-state index contributed by atoms with van der Waals surface area (Å²) in [5.41, 5.74) is 11.1. The Morgan fingerprint density at radius 1 is 0.718 bits per heavy atom. The van der Waals surface area contributed by atoms with Gasteiger partial charge in [-0.1, -0.05) is 81.4 Å². The Morgan fingerprint density at radius 3 is 2.36 bits per heavy atom. The Morgan fingerprint density at radius 2 is 1.54 bits per heavy atom. The van der Waals surface area contributed by atoms with Crippen molar-refractivity contribution in [3.8, 4) is 11.1 Å². The number of aromatic nitrogens is 3. The van der Waals surface area contributed by atoms with Crippen molar-refractivity contribution in [1.29, 1.82) is 0 Å². The van der Waals surface area contributed by atoms with Gasteiger partial charge in [-0.2, -0.15) is 0 Å². The molecule has 0 radical (unpaired) electrons. The van der Waals surface area contributed by atoms with Crippen LogP contribution in [0.3, 0.4) is 0 Å². The maximum atomic E-state index is 4.92. The van der Waals surface area contributed by atoms with Crippen molar-refractivity contribution in [2.45, 2.75) is 34.1 Å². The molecule has 0 saturated heterocycles. The highest BCUT2D eigenvalue weighted by atomic mass is 14.9. The minimum Gasteiger partial charge on any atom is -0.307 e. The molecule has 0 amide bonds. The fourth-order valence-electron chi connectivity index (χ4n) is 6.81. The highest BCUT2D eigenvalue weighted by Crippen LogP contribution is 2.44. The van der Waals surface area contributed by atoms with E-state index in [0.717, 1.165) is 22.8 Å². The summed E-state index contributed by atoms with van der Waals surface area (Å²) in [5.74, 6) is 0. The molecule has 0 unspecified atom stereocenters. The Labute approximate surface area is 227 Å². The molecule has 3 aromatic heterocycles. The van der Waals surface area contributed by atoms with Crippen LogP contribution in [0, 0.1) is 12.3 Å². The number of fused-ring (bicyclic) bond motifs is 7. The van der Waals surface area contributed by atoms with Gasteiger partial charge in [0.25, 0.3) is 0 Å². The maximum absolute atomic E-state index is 4.92. The second-order valence-electron chi connectivity index (χ2n) is 12.2. The fraction of sp³-hybridized carbons (Fsp3) is 0.167. The zero-order chi connectivity index (χ0) is 26.5. The van der Waals surface area contributed by atoms with Crippen molar-refractivity contribution in [2.24, 2.45) is 5.41 Å². The Bertz CT molecular complexity index is 2230. The highest BCUT2D eigenvalue weighted by molar-refractivity contribution is 6.30. The molecule has 8 rings (SSSR count). The molecule has 0 bridgehead atoms. The first-order chi connectivity index (χ1) is 18.9. The van der Waals surface area contributed by atoms with Gasteiger partial charge in [0.1, 0.15) is 6.33 Å². The molecule has 3 heterocycles. The van der Waals surface area contributed by atoms with Gasteiger partial charge in [-0.05, 0) is 76.1 Å². The third-order valence-corrected chi connectivity index (χ3v) is 8.28. The molecule has 0 fully saturated rings. The van der Waals surface area contributed by atoms with Gasteiger partial charge in [-0.3, -0.25) is 0 Å². The first kappa shape index (κ1) is 22.5. The van der Waals surface area contributed by atoms with Gasteiger partial charge in [0.2, 0.25) is 0 Å². The predicted octanol–water partition coefficient (Wildman–Crippen LogP) is 9.50. The van der Waals surface area contributed by atoms with Gasteiger partial charge < -0.3 is 4.40 Å². The largest absolute Gasteiger partial charge is 0.307 e. The summed E-state index contributed by atoms with van der Waals surface area (Å²) in [6.45, 7) is 9.18. The highest BCUT2D eigenvalue weighted by Gasteiger charge is 2.23. The van der Waals surface area contributed by atoms with Crippen molar-refractivity contribution < 1.29 is 0 Å². The van der Waals surface area contributed by atoms with E-state index in [-0.39, 0.29) is 5.41 Å². The smallest absolute Gasteiger partial charge is 0.116 e. The SMILES string of the molecule is Cc1c2ccc(CC(C)(C)C)cc2cc2c3ncnc4ccc5c6c(-c7ccccc7)cccc6n(c12)c5c43. The maximum Gasteiger partial charge on any atom is 0.116 e. The van der Waals surface area contributed by atoms with Crippen LogP contribution < -0.4 is 0 Å². The number of aryl methyl sites for hydroxylation is 1. The van der Waals surface area contributed by atoms with Crippen LogP contribution in [0.4, 0.5) is 0 Å². The van der Waals surface area contributed by atoms with Gasteiger partial charge in [-0.15, -0.1) is 0 Å². The third-order valence-electron chi connectivity index (χ3n) is 8.28. The first-order valence-corrected chi connectivity index (χ1v) is 13.7. The van der Waals surface area contributed by atoms with Gasteiger partial charge in [0.15, 0.2) is 0 Å². The molecule has 0 aliphatic carbocycles. The van der Waals surface area contributed by atoms with E-state index in [1.165, 1.54) is 65.7 Å². The van der Waals surface area contributed by atoms with E-state index in [1.54, 1.807) is 6.33 Å². The average molecular weight is 504 g/mol. The molecule has 8 aromatic rings. The van der Waals surface area contributed by atoms with E-state index < -0.39 is 0 Å². The minimum absolute atomic E-state index is 0.237. The lowest BCUT2D eigenvalue weighted by Gasteiger charge is -2.19. The van der Waals surface area contributed by atoms with Crippen molar-refractivity contribution >= 4 is 59.9 Å². The number of hydrogen-bond donors (Lipinski definition) is 0. The number of benzene rings is 5. The molecule has 3 heteroatoms. The lowest BCUT2D eigenvalue weighted by atomic mass is 9.87. The standard InChI is InChI=1S/C36H29N3/c1-21-25-14-13-22(19-36(2,3)4)17-24(25)18-28-33-32-29(37-20-38-33)16-15-27-31-26(23-9-6-5-7-10-23)11-8-12-30(31)39(34(21)28)35(27)32/h5-18,20H,19H2,1-4H3. The summed E-state index contributed by atoms with van der Waals surface area (Å²) in [6.07, 6.45) is 2.77. The Hall–Kier alpha value is -4.50. The zero-order valence-electron chi connectivity index (χ0n) is 22.7. The van der Waals surface area contributed by atoms with Crippen LogP contribution in [0.25, 0.3) is 71.0 Å². The summed E-state index contributed by atoms with van der Waals surface area (Å²) in [7, 11) is 0. The van der Waals surface area contributed by atoms with E-state index in [2.05, 4.69) is 117 Å². The van der Waals surface area contributed by atoms with E-state index in [9.17, 15) is 0 Å². The lowest BCUT2D eigenvalue weighted by Crippen LogP contribution is -2.09. The van der Waals surface area contributed by atoms with Crippen LogP contribution in [0.2, 0.25) is 0 Å². The van der Waals surface area contributed by atoms with Gasteiger partial charge in [0.05, 0.1) is 33.0 Å². The van der Waals surface area contributed by atoms with E-state index in [4.69, 9.17) is 9.97 Å². The van der Waals surface area contributed by atoms with Crippen LogP contribution in [0.5, 0.6) is 0 Å². The van der Waals surface area contributed by atoms with E-state index in [1.807, 2.05) is 0 Å². The first-order valence-electron chi connectivity index (χ1n) is 13.7. The average Bonchev–Trinajstić information content (AvgIpc) is 3.27. The zero-order valence-corrected chi connectivity index (χ0v) is 22.7. The van der Waals surface area contributed by atoms with Crippen molar-refractivity contribution in [1.82, 2.24) is 14.4 Å². The number of pyridine rings is 1. The van der Waals surface area contributed by atoms with E-state index in [0.29, 0.717) is 0 Å². The van der Waals surface area contributed by atoms with Crippen molar-refractivity contribution in [3.63, 3.8) is 0 Å². The van der Waals surface area contributed by atoms with Gasteiger partial charge >= 0.3 is 0 Å².